The fourth-order valence-electron chi connectivity index (χ4n) is 2.63. The first-order valence-electron chi connectivity index (χ1n) is 8.67. The number of amides is 1. The summed E-state index contributed by atoms with van der Waals surface area (Å²) in [4.78, 5) is 25.0. The van der Waals surface area contributed by atoms with E-state index >= 15 is 0 Å². The van der Waals surface area contributed by atoms with Crippen molar-refractivity contribution in [3.63, 3.8) is 0 Å². The molecule has 0 atom stereocenters. The van der Waals surface area contributed by atoms with E-state index in [1.54, 1.807) is 24.5 Å². The molecule has 0 spiro atoms. The summed E-state index contributed by atoms with van der Waals surface area (Å²) in [6.45, 7) is 0.854. The lowest BCUT2D eigenvalue weighted by Gasteiger charge is -2.08. The zero-order valence-electron chi connectivity index (χ0n) is 15.1. The van der Waals surface area contributed by atoms with Crippen LogP contribution in [-0.2, 0) is 17.9 Å². The molecular formula is C20H21N3O3S. The Morgan fingerprint density at radius 1 is 1.22 bits per heavy atom. The minimum absolute atomic E-state index is 0.0553. The van der Waals surface area contributed by atoms with Gasteiger partial charge in [0.25, 0.3) is 5.56 Å². The Balaban J connectivity index is 1.50. The van der Waals surface area contributed by atoms with Gasteiger partial charge in [-0.25, -0.2) is 4.68 Å². The van der Waals surface area contributed by atoms with Crippen molar-refractivity contribution in [3.8, 4) is 16.3 Å². The second kappa shape index (κ2) is 9.14. The molecule has 6 nitrogen and oxygen atoms in total. The number of hydrogen-bond donors (Lipinski definition) is 1. The monoisotopic (exact) mass is 383 g/mol. The number of benzene rings is 1. The Hall–Kier alpha value is -2.93. The lowest BCUT2D eigenvalue weighted by atomic mass is 10.2. The van der Waals surface area contributed by atoms with Crippen LogP contribution in [0.4, 0.5) is 0 Å². The van der Waals surface area contributed by atoms with Gasteiger partial charge in [0, 0.05) is 25.6 Å². The van der Waals surface area contributed by atoms with Crippen LogP contribution in [0, 0.1) is 0 Å². The molecule has 1 amide bonds. The predicted octanol–water partition coefficient (Wildman–Crippen LogP) is 3.08. The Bertz CT molecular complexity index is 951. The van der Waals surface area contributed by atoms with Crippen molar-refractivity contribution in [1.82, 2.24) is 15.1 Å². The molecule has 2 aromatic heterocycles. The molecule has 0 aliphatic carbocycles. The molecule has 27 heavy (non-hydrogen) atoms. The van der Waals surface area contributed by atoms with E-state index in [1.165, 1.54) is 10.7 Å². The second-order valence-corrected chi connectivity index (χ2v) is 6.94. The van der Waals surface area contributed by atoms with Crippen LogP contribution in [0.1, 0.15) is 18.4 Å². The average molecular weight is 383 g/mol. The minimum Gasteiger partial charge on any atom is -0.497 e. The second-order valence-electron chi connectivity index (χ2n) is 5.99. The Labute approximate surface area is 161 Å². The Morgan fingerprint density at radius 3 is 2.89 bits per heavy atom. The number of aryl methyl sites for hydroxylation is 1. The summed E-state index contributed by atoms with van der Waals surface area (Å²) in [7, 11) is 1.61. The Morgan fingerprint density at radius 2 is 2.11 bits per heavy atom. The number of methoxy groups -OCH3 is 1. The van der Waals surface area contributed by atoms with E-state index in [1.807, 2.05) is 41.8 Å². The van der Waals surface area contributed by atoms with Gasteiger partial charge in [-0.15, -0.1) is 11.3 Å². The van der Waals surface area contributed by atoms with Gasteiger partial charge in [0.1, 0.15) is 11.4 Å². The average Bonchev–Trinajstić information content (AvgIpc) is 3.23. The number of nitrogens with zero attached hydrogens (tertiary/aromatic N) is 2. The number of hydrogen-bond acceptors (Lipinski definition) is 5. The number of carbonyl (C=O) groups is 1. The van der Waals surface area contributed by atoms with Gasteiger partial charge < -0.3 is 10.1 Å². The molecule has 1 aromatic carbocycles. The van der Waals surface area contributed by atoms with Crippen LogP contribution in [0.3, 0.4) is 0 Å². The van der Waals surface area contributed by atoms with Crippen molar-refractivity contribution in [2.45, 2.75) is 25.9 Å². The highest BCUT2D eigenvalue weighted by atomic mass is 32.1. The van der Waals surface area contributed by atoms with E-state index < -0.39 is 0 Å². The normalized spacial score (nSPS) is 10.6. The summed E-state index contributed by atoms with van der Waals surface area (Å²) < 4.78 is 6.59. The van der Waals surface area contributed by atoms with Crippen LogP contribution in [0.2, 0.25) is 0 Å². The fraction of sp³-hybridized carbons (Fsp3) is 0.250. The lowest BCUT2D eigenvalue weighted by molar-refractivity contribution is -0.121. The van der Waals surface area contributed by atoms with Gasteiger partial charge in [-0.05, 0) is 41.6 Å². The first-order valence-corrected chi connectivity index (χ1v) is 9.55. The molecular weight excluding hydrogens is 362 g/mol. The molecule has 0 fully saturated rings. The third-order valence-corrected chi connectivity index (χ3v) is 4.93. The third-order valence-electron chi connectivity index (χ3n) is 4.04. The van der Waals surface area contributed by atoms with E-state index in [-0.39, 0.29) is 11.5 Å². The van der Waals surface area contributed by atoms with Crippen LogP contribution in [0.25, 0.3) is 10.6 Å². The van der Waals surface area contributed by atoms with Crippen LogP contribution >= 0.6 is 11.3 Å². The van der Waals surface area contributed by atoms with Crippen molar-refractivity contribution in [2.75, 3.05) is 7.11 Å². The fourth-order valence-corrected chi connectivity index (χ4v) is 3.32. The highest BCUT2D eigenvalue weighted by molar-refractivity contribution is 7.13. The predicted molar refractivity (Wildman–Crippen MR) is 106 cm³/mol. The first-order chi connectivity index (χ1) is 13.2. The van der Waals surface area contributed by atoms with Crippen molar-refractivity contribution < 1.29 is 9.53 Å². The van der Waals surface area contributed by atoms with Gasteiger partial charge in [0.15, 0.2) is 0 Å². The minimum atomic E-state index is -0.160. The van der Waals surface area contributed by atoms with E-state index in [0.29, 0.717) is 25.9 Å². The maximum Gasteiger partial charge on any atom is 0.266 e. The summed E-state index contributed by atoms with van der Waals surface area (Å²) in [6.07, 6.45) is 0.881. The number of thiophene rings is 1. The van der Waals surface area contributed by atoms with Crippen molar-refractivity contribution in [3.05, 3.63) is 69.8 Å². The number of rotatable bonds is 8. The topological polar surface area (TPSA) is 73.2 Å². The third kappa shape index (κ3) is 5.27. The van der Waals surface area contributed by atoms with Gasteiger partial charge in [0.2, 0.25) is 5.91 Å². The number of ether oxygens (including phenoxy) is 1. The van der Waals surface area contributed by atoms with Gasteiger partial charge >= 0.3 is 0 Å². The summed E-state index contributed by atoms with van der Waals surface area (Å²) in [5, 5.41) is 9.25. The van der Waals surface area contributed by atoms with E-state index in [2.05, 4.69) is 10.4 Å². The molecule has 1 N–H and O–H groups in total. The molecule has 0 radical (unpaired) electrons. The molecule has 140 valence electrons. The highest BCUT2D eigenvalue weighted by Crippen LogP contribution is 2.21. The molecule has 0 bridgehead atoms. The maximum absolute atomic E-state index is 12.1. The zero-order chi connectivity index (χ0) is 19.1. The van der Waals surface area contributed by atoms with Crippen LogP contribution < -0.4 is 15.6 Å². The van der Waals surface area contributed by atoms with E-state index in [9.17, 15) is 9.59 Å². The zero-order valence-corrected chi connectivity index (χ0v) is 15.9. The van der Waals surface area contributed by atoms with Gasteiger partial charge in [-0.2, -0.15) is 5.10 Å². The van der Waals surface area contributed by atoms with Gasteiger partial charge in [-0.1, -0.05) is 18.2 Å². The SMILES string of the molecule is COc1cccc(CNC(=O)CCCn2nc(-c3cccs3)ccc2=O)c1. The first kappa shape index (κ1) is 18.8. The maximum atomic E-state index is 12.1. The number of aromatic nitrogens is 2. The molecule has 3 aromatic rings. The molecule has 2 heterocycles. The van der Waals surface area contributed by atoms with Crippen LogP contribution in [-0.4, -0.2) is 22.8 Å². The Kier molecular flexibility index (Phi) is 6.38. The molecule has 3 rings (SSSR count). The summed E-state index contributed by atoms with van der Waals surface area (Å²) in [6, 6.07) is 14.7. The summed E-state index contributed by atoms with van der Waals surface area (Å²) in [5.41, 5.74) is 1.59. The quantitative estimate of drug-likeness (QED) is 0.649. The molecule has 7 heteroatoms. The molecule has 0 aliphatic rings. The van der Waals surface area contributed by atoms with Gasteiger partial charge in [-0.3, -0.25) is 9.59 Å². The van der Waals surface area contributed by atoms with Crippen LogP contribution in [0.5, 0.6) is 5.75 Å². The van der Waals surface area contributed by atoms with Gasteiger partial charge in [0.05, 0.1) is 12.0 Å². The smallest absolute Gasteiger partial charge is 0.266 e. The molecule has 0 saturated carbocycles. The van der Waals surface area contributed by atoms with Crippen molar-refractivity contribution in [2.24, 2.45) is 0 Å². The summed E-state index contributed by atoms with van der Waals surface area (Å²) in [5.74, 6) is 0.707. The summed E-state index contributed by atoms with van der Waals surface area (Å²) >= 11 is 1.58. The number of carbonyl (C=O) groups excluding carboxylic acids is 1. The molecule has 0 saturated heterocycles. The largest absolute Gasteiger partial charge is 0.497 e. The highest BCUT2D eigenvalue weighted by Gasteiger charge is 2.06. The van der Waals surface area contributed by atoms with Crippen molar-refractivity contribution >= 4 is 17.2 Å². The van der Waals surface area contributed by atoms with Crippen molar-refractivity contribution in [1.29, 1.82) is 0 Å². The van der Waals surface area contributed by atoms with Crippen LogP contribution in [0.15, 0.2) is 58.7 Å². The standard InChI is InChI=1S/C20H21N3O3S/c1-26-16-6-2-5-15(13-16)14-21-19(24)8-3-11-23-20(25)10-9-17(22-23)18-7-4-12-27-18/h2,4-7,9-10,12-13H,3,8,11,14H2,1H3,(H,21,24). The van der Waals surface area contributed by atoms with E-state index in [0.717, 1.165) is 21.9 Å². The number of nitrogens with one attached hydrogen (secondary N) is 1. The van der Waals surface area contributed by atoms with E-state index in [4.69, 9.17) is 4.74 Å². The molecule has 0 aliphatic heterocycles. The lowest BCUT2D eigenvalue weighted by Crippen LogP contribution is -2.25. The molecule has 0 unspecified atom stereocenters.